The Morgan fingerprint density at radius 3 is 2.92 bits per heavy atom. The zero-order valence-corrected chi connectivity index (χ0v) is 6.85. The van der Waals surface area contributed by atoms with Gasteiger partial charge in [0.05, 0.1) is 0 Å². The molecule has 0 spiro atoms. The summed E-state index contributed by atoms with van der Waals surface area (Å²) in [4.78, 5) is 0. The van der Waals surface area contributed by atoms with Crippen LogP contribution in [-0.2, 0) is 0 Å². The second kappa shape index (κ2) is 2.90. The molecular weight excluding hydrogens is 150 g/mol. The third-order valence-corrected chi connectivity index (χ3v) is 2.30. The van der Waals surface area contributed by atoms with Gasteiger partial charge in [0.2, 0.25) is 0 Å². The van der Waals surface area contributed by atoms with Gasteiger partial charge in [-0.1, -0.05) is 0 Å². The van der Waals surface area contributed by atoms with Crippen molar-refractivity contribution in [3.05, 3.63) is 23.0 Å². The quantitative estimate of drug-likeness (QED) is 0.563. The van der Waals surface area contributed by atoms with E-state index in [2.05, 4.69) is 16.9 Å². The summed E-state index contributed by atoms with van der Waals surface area (Å²) in [5.74, 6) is 0. The lowest BCUT2D eigenvalue weighted by molar-refractivity contribution is 0.575. The summed E-state index contributed by atoms with van der Waals surface area (Å²) in [6.45, 7) is 0. The molecule has 2 N–H and O–H groups in total. The molecule has 3 heteroatoms. The van der Waals surface area contributed by atoms with Crippen LogP contribution in [0.1, 0.15) is 25.7 Å². The van der Waals surface area contributed by atoms with Crippen molar-refractivity contribution in [2.45, 2.75) is 25.7 Å². The molecule has 62 valence electrons. The average molecular weight is 161 g/mol. The number of rotatable bonds is 0. The highest BCUT2D eigenvalue weighted by Crippen LogP contribution is 2.25. The maximum absolute atomic E-state index is 8.64. The van der Waals surface area contributed by atoms with Crippen molar-refractivity contribution >= 4 is 0 Å². The van der Waals surface area contributed by atoms with E-state index in [-0.39, 0.29) is 0 Å². The van der Waals surface area contributed by atoms with E-state index in [1.807, 2.05) is 6.08 Å². The number of allylic oxidation sites excluding steroid dienone is 4. The van der Waals surface area contributed by atoms with Crippen molar-refractivity contribution in [1.82, 2.24) is 10.9 Å². The van der Waals surface area contributed by atoms with Crippen molar-refractivity contribution < 1.29 is 0 Å². The Morgan fingerprint density at radius 1 is 1.25 bits per heavy atom. The molecule has 2 rings (SSSR count). The molecule has 0 aromatic rings. The van der Waals surface area contributed by atoms with Crippen molar-refractivity contribution in [2.75, 3.05) is 0 Å². The molecule has 1 heterocycles. The first-order chi connectivity index (χ1) is 5.90. The Balaban J connectivity index is 2.27. The first-order valence-corrected chi connectivity index (χ1v) is 4.26. The summed E-state index contributed by atoms with van der Waals surface area (Å²) < 4.78 is 0. The highest BCUT2D eigenvalue weighted by molar-refractivity contribution is 5.37. The van der Waals surface area contributed by atoms with Crippen molar-refractivity contribution in [2.24, 2.45) is 0 Å². The molecule has 0 atom stereocenters. The van der Waals surface area contributed by atoms with Gasteiger partial charge in [0.1, 0.15) is 11.8 Å². The highest BCUT2D eigenvalue weighted by atomic mass is 15.4. The molecule has 0 fully saturated rings. The fraction of sp³-hybridized carbons (Fsp3) is 0.444. The first kappa shape index (κ1) is 7.23. The summed E-state index contributed by atoms with van der Waals surface area (Å²) >= 11 is 0. The van der Waals surface area contributed by atoms with Crippen LogP contribution >= 0.6 is 0 Å². The molecule has 0 saturated carbocycles. The van der Waals surface area contributed by atoms with Crippen LogP contribution in [0.2, 0.25) is 0 Å². The van der Waals surface area contributed by atoms with Gasteiger partial charge in [-0.2, -0.15) is 5.26 Å². The zero-order chi connectivity index (χ0) is 8.39. The van der Waals surface area contributed by atoms with E-state index >= 15 is 0 Å². The molecule has 3 nitrogen and oxygen atoms in total. The predicted octanol–water partition coefficient (Wildman–Crippen LogP) is 1.33. The van der Waals surface area contributed by atoms with Gasteiger partial charge in [-0.3, -0.25) is 5.43 Å². The van der Waals surface area contributed by atoms with Crippen LogP contribution < -0.4 is 10.9 Å². The van der Waals surface area contributed by atoms with Crippen LogP contribution in [-0.4, -0.2) is 0 Å². The first-order valence-electron chi connectivity index (χ1n) is 4.26. The molecular formula is C9H11N3. The van der Waals surface area contributed by atoms with Crippen LogP contribution in [0.3, 0.4) is 0 Å². The third kappa shape index (κ3) is 1.16. The molecule has 1 aliphatic heterocycles. The average Bonchev–Trinajstić information content (AvgIpc) is 2.17. The minimum atomic E-state index is 0.621. The molecule has 2 aliphatic rings. The van der Waals surface area contributed by atoms with Crippen molar-refractivity contribution in [3.63, 3.8) is 0 Å². The minimum absolute atomic E-state index is 0.621. The number of nitrogens with one attached hydrogen (secondary N) is 2. The molecule has 0 amide bonds. The fourth-order valence-electron chi connectivity index (χ4n) is 1.64. The number of nitriles is 1. The molecule has 0 aromatic heterocycles. The Labute approximate surface area is 71.7 Å². The SMILES string of the molecule is N#CC1=CC2=C(CCCC2)NN1. The van der Waals surface area contributed by atoms with Crippen LogP contribution in [0.15, 0.2) is 23.0 Å². The van der Waals surface area contributed by atoms with Crippen molar-refractivity contribution in [3.8, 4) is 6.07 Å². The number of hydrogen-bond donors (Lipinski definition) is 2. The Morgan fingerprint density at radius 2 is 2.08 bits per heavy atom. The van der Waals surface area contributed by atoms with Gasteiger partial charge < -0.3 is 5.43 Å². The standard InChI is InChI=1S/C9H11N3/c10-6-8-5-7-3-1-2-4-9(7)12-11-8/h5,11-12H,1-4H2. The second-order valence-corrected chi connectivity index (χ2v) is 3.13. The molecule has 0 aromatic carbocycles. The van der Waals surface area contributed by atoms with Crippen LogP contribution in [0.25, 0.3) is 0 Å². The van der Waals surface area contributed by atoms with Gasteiger partial charge in [-0.25, -0.2) is 0 Å². The van der Waals surface area contributed by atoms with Gasteiger partial charge in [0, 0.05) is 5.70 Å². The lowest BCUT2D eigenvalue weighted by atomic mass is 9.95. The van der Waals surface area contributed by atoms with Gasteiger partial charge in [-0.05, 0) is 37.3 Å². The molecule has 0 unspecified atom stereocenters. The highest BCUT2D eigenvalue weighted by Gasteiger charge is 2.15. The van der Waals surface area contributed by atoms with E-state index in [1.165, 1.54) is 24.1 Å². The van der Waals surface area contributed by atoms with E-state index in [4.69, 9.17) is 5.26 Å². The number of hydrazine groups is 1. The van der Waals surface area contributed by atoms with E-state index < -0.39 is 0 Å². The van der Waals surface area contributed by atoms with Crippen LogP contribution in [0, 0.1) is 11.3 Å². The van der Waals surface area contributed by atoms with E-state index in [0.717, 1.165) is 12.8 Å². The summed E-state index contributed by atoms with van der Waals surface area (Å²) in [6.07, 6.45) is 6.66. The lowest BCUT2D eigenvalue weighted by Crippen LogP contribution is -2.34. The summed E-state index contributed by atoms with van der Waals surface area (Å²) in [5.41, 5.74) is 9.11. The summed E-state index contributed by atoms with van der Waals surface area (Å²) in [6, 6.07) is 2.09. The largest absolute Gasteiger partial charge is 0.304 e. The van der Waals surface area contributed by atoms with E-state index in [1.54, 1.807) is 0 Å². The molecule has 0 radical (unpaired) electrons. The predicted molar refractivity (Wildman–Crippen MR) is 45.5 cm³/mol. The monoisotopic (exact) mass is 161 g/mol. The molecule has 1 aliphatic carbocycles. The topological polar surface area (TPSA) is 47.9 Å². The molecule has 12 heavy (non-hydrogen) atoms. The summed E-state index contributed by atoms with van der Waals surface area (Å²) in [7, 11) is 0. The molecule has 0 bridgehead atoms. The van der Waals surface area contributed by atoms with Gasteiger partial charge in [0.25, 0.3) is 0 Å². The summed E-state index contributed by atoms with van der Waals surface area (Å²) in [5, 5.41) is 8.64. The maximum Gasteiger partial charge on any atom is 0.132 e. The maximum atomic E-state index is 8.64. The fourth-order valence-corrected chi connectivity index (χ4v) is 1.64. The smallest absolute Gasteiger partial charge is 0.132 e. The van der Waals surface area contributed by atoms with Gasteiger partial charge >= 0.3 is 0 Å². The zero-order valence-electron chi connectivity index (χ0n) is 6.85. The number of hydrogen-bond acceptors (Lipinski definition) is 3. The van der Waals surface area contributed by atoms with Crippen LogP contribution in [0.5, 0.6) is 0 Å². The Kier molecular flexibility index (Phi) is 1.75. The van der Waals surface area contributed by atoms with Crippen LogP contribution in [0.4, 0.5) is 0 Å². The van der Waals surface area contributed by atoms with Gasteiger partial charge in [0.15, 0.2) is 0 Å². The Hall–Kier alpha value is -1.43. The van der Waals surface area contributed by atoms with E-state index in [0.29, 0.717) is 5.70 Å². The van der Waals surface area contributed by atoms with Gasteiger partial charge in [-0.15, -0.1) is 0 Å². The third-order valence-electron chi connectivity index (χ3n) is 2.30. The number of nitrogens with zero attached hydrogens (tertiary/aromatic N) is 1. The second-order valence-electron chi connectivity index (χ2n) is 3.13. The molecule has 0 saturated heterocycles. The normalized spacial score (nSPS) is 21.4. The van der Waals surface area contributed by atoms with Crippen molar-refractivity contribution in [1.29, 1.82) is 5.26 Å². The minimum Gasteiger partial charge on any atom is -0.304 e. The Bertz CT molecular complexity index is 293. The van der Waals surface area contributed by atoms with E-state index in [9.17, 15) is 0 Å². The lowest BCUT2D eigenvalue weighted by Gasteiger charge is -2.24.